The second-order valence-corrected chi connectivity index (χ2v) is 7.68. The fraction of sp³-hybridized carbons (Fsp3) is 0.412. The largest absolute Gasteiger partial charge is 0.383 e. The van der Waals surface area contributed by atoms with Crippen LogP contribution < -0.4 is 11.1 Å². The molecule has 5 nitrogen and oxygen atoms in total. The maximum atomic E-state index is 12.4. The Morgan fingerprint density at radius 3 is 2.92 bits per heavy atom. The van der Waals surface area contributed by atoms with Gasteiger partial charge in [0.05, 0.1) is 6.10 Å². The smallest absolute Gasteiger partial charge is 0.265 e. The predicted octanol–water partition coefficient (Wildman–Crippen LogP) is 3.38. The Bertz CT molecular complexity index is 820. The van der Waals surface area contributed by atoms with Crippen molar-refractivity contribution in [3.63, 3.8) is 0 Å². The van der Waals surface area contributed by atoms with E-state index in [1.807, 2.05) is 25.1 Å². The van der Waals surface area contributed by atoms with Crippen molar-refractivity contribution in [3.05, 3.63) is 38.2 Å². The number of carbonyl (C=O) groups is 1. The van der Waals surface area contributed by atoms with Gasteiger partial charge < -0.3 is 15.8 Å². The lowest BCUT2D eigenvalue weighted by Crippen LogP contribution is -2.31. The SMILES string of the molecule is Cc1ccc(-n2c(N)c(C(=O)NC[C@H]3CCCO3)sc2=S)cc1C. The Hall–Kier alpha value is -1.70. The number of anilines is 1. The van der Waals surface area contributed by atoms with Gasteiger partial charge in [0.1, 0.15) is 10.7 Å². The molecule has 1 aromatic carbocycles. The van der Waals surface area contributed by atoms with Crippen LogP contribution >= 0.6 is 23.6 Å². The number of nitrogens with two attached hydrogens (primary N) is 1. The van der Waals surface area contributed by atoms with E-state index < -0.39 is 0 Å². The molecule has 0 bridgehead atoms. The second kappa shape index (κ2) is 7.04. The summed E-state index contributed by atoms with van der Waals surface area (Å²) in [6, 6.07) is 6.03. The first-order chi connectivity index (χ1) is 11.5. The van der Waals surface area contributed by atoms with Gasteiger partial charge in [-0.1, -0.05) is 17.4 Å². The highest BCUT2D eigenvalue weighted by atomic mass is 32.1. The first-order valence-corrected chi connectivity index (χ1v) is 9.18. The molecule has 24 heavy (non-hydrogen) atoms. The van der Waals surface area contributed by atoms with E-state index in [-0.39, 0.29) is 12.0 Å². The molecule has 2 heterocycles. The lowest BCUT2D eigenvalue weighted by molar-refractivity contribution is 0.0861. The molecule has 0 radical (unpaired) electrons. The van der Waals surface area contributed by atoms with Crippen molar-refractivity contribution in [2.45, 2.75) is 32.8 Å². The molecule has 2 aromatic rings. The maximum Gasteiger partial charge on any atom is 0.265 e. The Kier molecular flexibility index (Phi) is 5.03. The van der Waals surface area contributed by atoms with Crippen LogP contribution in [0.1, 0.15) is 33.6 Å². The van der Waals surface area contributed by atoms with E-state index in [0.29, 0.717) is 21.2 Å². The van der Waals surface area contributed by atoms with Gasteiger partial charge in [0.25, 0.3) is 5.91 Å². The molecule has 7 heteroatoms. The summed E-state index contributed by atoms with van der Waals surface area (Å²) < 4.78 is 7.85. The number of aryl methyl sites for hydroxylation is 2. The van der Waals surface area contributed by atoms with Crippen LogP contribution in [0, 0.1) is 17.8 Å². The summed E-state index contributed by atoms with van der Waals surface area (Å²) in [5.41, 5.74) is 9.47. The third-order valence-electron chi connectivity index (χ3n) is 4.31. The van der Waals surface area contributed by atoms with Crippen LogP contribution in [0.2, 0.25) is 0 Å². The van der Waals surface area contributed by atoms with Crippen LogP contribution in [-0.4, -0.2) is 29.7 Å². The van der Waals surface area contributed by atoms with Gasteiger partial charge in [-0.2, -0.15) is 0 Å². The van der Waals surface area contributed by atoms with E-state index in [2.05, 4.69) is 12.2 Å². The van der Waals surface area contributed by atoms with E-state index in [4.69, 9.17) is 22.7 Å². The van der Waals surface area contributed by atoms with Crippen molar-refractivity contribution >= 4 is 35.3 Å². The predicted molar refractivity (Wildman–Crippen MR) is 99.7 cm³/mol. The molecular formula is C17H21N3O2S2. The van der Waals surface area contributed by atoms with E-state index in [1.54, 1.807) is 4.57 Å². The molecule has 1 atom stereocenters. The third kappa shape index (κ3) is 3.38. The van der Waals surface area contributed by atoms with Crippen molar-refractivity contribution < 1.29 is 9.53 Å². The standard InChI is InChI=1S/C17H21N3O2S2/c1-10-5-6-12(8-11(10)2)20-15(18)14(24-17(20)23)16(21)19-9-13-4-3-7-22-13/h5-6,8,13H,3-4,7,9,18H2,1-2H3,(H,19,21)/t13-/m1/s1. The average Bonchev–Trinajstić information content (AvgIpc) is 3.16. The first-order valence-electron chi connectivity index (χ1n) is 7.96. The van der Waals surface area contributed by atoms with Gasteiger partial charge in [0.2, 0.25) is 0 Å². The molecule has 3 N–H and O–H groups in total. The minimum absolute atomic E-state index is 0.102. The number of hydrogen-bond acceptors (Lipinski definition) is 5. The molecule has 0 unspecified atom stereocenters. The van der Waals surface area contributed by atoms with Crippen LogP contribution in [-0.2, 0) is 4.74 Å². The second-order valence-electron chi connectivity index (χ2n) is 6.03. The minimum atomic E-state index is -0.193. The molecular weight excluding hydrogens is 342 g/mol. The molecule has 0 spiro atoms. The monoisotopic (exact) mass is 363 g/mol. The van der Waals surface area contributed by atoms with Crippen molar-refractivity contribution in [1.82, 2.24) is 9.88 Å². The Balaban J connectivity index is 1.84. The van der Waals surface area contributed by atoms with E-state index in [0.717, 1.165) is 30.7 Å². The van der Waals surface area contributed by atoms with Gasteiger partial charge in [-0.3, -0.25) is 9.36 Å². The summed E-state index contributed by atoms with van der Waals surface area (Å²) >= 11 is 6.66. The zero-order valence-corrected chi connectivity index (χ0v) is 15.4. The Morgan fingerprint density at radius 2 is 2.25 bits per heavy atom. The van der Waals surface area contributed by atoms with Crippen LogP contribution in [0.5, 0.6) is 0 Å². The number of thiazole rings is 1. The number of ether oxygens (including phenoxy) is 1. The number of nitrogen functional groups attached to an aromatic ring is 1. The lowest BCUT2D eigenvalue weighted by atomic mass is 10.1. The van der Waals surface area contributed by atoms with Gasteiger partial charge >= 0.3 is 0 Å². The highest BCUT2D eigenvalue weighted by Crippen LogP contribution is 2.27. The van der Waals surface area contributed by atoms with E-state index in [9.17, 15) is 4.79 Å². The molecule has 1 saturated heterocycles. The third-order valence-corrected chi connectivity index (χ3v) is 5.70. The van der Waals surface area contributed by atoms with Gasteiger partial charge in [0, 0.05) is 18.8 Å². The number of rotatable bonds is 4. The summed E-state index contributed by atoms with van der Waals surface area (Å²) in [6.45, 7) is 5.37. The van der Waals surface area contributed by atoms with Gasteiger partial charge in [-0.15, -0.1) is 0 Å². The molecule has 1 aliphatic rings. The van der Waals surface area contributed by atoms with Crippen molar-refractivity contribution in [1.29, 1.82) is 0 Å². The summed E-state index contributed by atoms with van der Waals surface area (Å²) in [5, 5.41) is 2.90. The van der Waals surface area contributed by atoms with Crippen LogP contribution in [0.4, 0.5) is 5.82 Å². The molecule has 1 aliphatic heterocycles. The van der Waals surface area contributed by atoms with Crippen LogP contribution in [0.3, 0.4) is 0 Å². The molecule has 0 aliphatic carbocycles. The van der Waals surface area contributed by atoms with Gasteiger partial charge in [0.15, 0.2) is 3.95 Å². The number of carbonyl (C=O) groups excluding carboxylic acids is 1. The van der Waals surface area contributed by atoms with E-state index >= 15 is 0 Å². The number of aromatic nitrogens is 1. The number of benzene rings is 1. The number of nitrogens with zero attached hydrogens (tertiary/aromatic N) is 1. The lowest BCUT2D eigenvalue weighted by Gasteiger charge is -2.11. The molecule has 3 rings (SSSR count). The highest BCUT2D eigenvalue weighted by molar-refractivity contribution is 7.73. The molecule has 1 fully saturated rings. The number of nitrogens with one attached hydrogen (secondary N) is 1. The zero-order chi connectivity index (χ0) is 17.3. The van der Waals surface area contributed by atoms with Crippen LogP contribution in [0.25, 0.3) is 5.69 Å². The van der Waals surface area contributed by atoms with Gasteiger partial charge in [-0.25, -0.2) is 0 Å². The number of hydrogen-bond donors (Lipinski definition) is 2. The summed E-state index contributed by atoms with van der Waals surface area (Å²) in [6.07, 6.45) is 2.13. The summed E-state index contributed by atoms with van der Waals surface area (Å²) in [5.74, 6) is 0.194. The molecule has 128 valence electrons. The summed E-state index contributed by atoms with van der Waals surface area (Å²) in [7, 11) is 0. The topological polar surface area (TPSA) is 69.3 Å². The zero-order valence-electron chi connectivity index (χ0n) is 13.8. The highest BCUT2D eigenvalue weighted by Gasteiger charge is 2.21. The number of amides is 1. The fourth-order valence-corrected chi connectivity index (χ4v) is 4.03. The first kappa shape index (κ1) is 17.1. The maximum absolute atomic E-state index is 12.4. The quantitative estimate of drug-likeness (QED) is 0.817. The fourth-order valence-electron chi connectivity index (χ4n) is 2.75. The van der Waals surface area contributed by atoms with Crippen LogP contribution in [0.15, 0.2) is 18.2 Å². The summed E-state index contributed by atoms with van der Waals surface area (Å²) in [4.78, 5) is 12.9. The van der Waals surface area contributed by atoms with Crippen molar-refractivity contribution in [3.8, 4) is 5.69 Å². The molecule has 1 amide bonds. The minimum Gasteiger partial charge on any atom is -0.383 e. The van der Waals surface area contributed by atoms with Crippen molar-refractivity contribution in [2.75, 3.05) is 18.9 Å². The Labute approximate surface area is 150 Å². The van der Waals surface area contributed by atoms with E-state index in [1.165, 1.54) is 16.9 Å². The van der Waals surface area contributed by atoms with Gasteiger partial charge in [-0.05, 0) is 62.2 Å². The molecule has 1 aromatic heterocycles. The molecule has 0 saturated carbocycles. The normalized spacial score (nSPS) is 17.2. The Morgan fingerprint density at radius 1 is 1.46 bits per heavy atom. The van der Waals surface area contributed by atoms with Crippen molar-refractivity contribution in [2.24, 2.45) is 0 Å². The average molecular weight is 364 g/mol.